The molecule has 2 heterocycles. The Hall–Kier alpha value is -2.83. The Morgan fingerprint density at radius 2 is 2.12 bits per heavy atom. The fraction of sp³-hybridized carbons (Fsp3) is 0.389. The summed E-state index contributed by atoms with van der Waals surface area (Å²) in [7, 11) is 4.00. The molecular weight excluding hydrogens is 320 g/mol. The minimum absolute atomic E-state index is 0.312. The molecule has 2 aromatic rings. The lowest BCUT2D eigenvalue weighted by molar-refractivity contribution is -0.137. The summed E-state index contributed by atoms with van der Waals surface area (Å²) in [5.41, 5.74) is 3.22. The van der Waals surface area contributed by atoms with E-state index < -0.39 is 5.97 Å². The van der Waals surface area contributed by atoms with Crippen molar-refractivity contribution in [1.82, 2.24) is 9.55 Å². The molecule has 1 aliphatic rings. The first-order chi connectivity index (χ1) is 12.0. The Morgan fingerprint density at radius 1 is 1.32 bits per heavy atom. The number of rotatable bonds is 4. The molecular formula is C18H22N4O3. The summed E-state index contributed by atoms with van der Waals surface area (Å²) in [4.78, 5) is 31.8. The van der Waals surface area contributed by atoms with Crippen LogP contribution in [-0.4, -0.2) is 41.3 Å². The molecule has 7 nitrogen and oxygen atoms in total. The van der Waals surface area contributed by atoms with E-state index in [1.165, 1.54) is 28.1 Å². The topological polar surface area (TPSA) is 78.7 Å². The van der Waals surface area contributed by atoms with Crippen molar-refractivity contribution in [3.8, 4) is 0 Å². The van der Waals surface area contributed by atoms with Gasteiger partial charge in [0.15, 0.2) is 5.82 Å². The third kappa shape index (κ3) is 3.65. The number of hydrogen-bond donors (Lipinski definition) is 1. The molecule has 0 bridgehead atoms. The third-order valence-corrected chi connectivity index (χ3v) is 4.44. The van der Waals surface area contributed by atoms with E-state index >= 15 is 0 Å². The molecule has 3 rings (SSSR count). The number of carboxylic acids is 1. The van der Waals surface area contributed by atoms with Crippen molar-refractivity contribution in [3.63, 3.8) is 0 Å². The molecule has 0 unspecified atom stereocenters. The lowest BCUT2D eigenvalue weighted by Gasteiger charge is -2.22. The minimum Gasteiger partial charge on any atom is -0.480 e. The van der Waals surface area contributed by atoms with Crippen LogP contribution in [0.25, 0.3) is 0 Å². The number of nitrogens with zero attached hydrogens (tertiary/aromatic N) is 4. The molecule has 1 aliphatic heterocycles. The van der Waals surface area contributed by atoms with Gasteiger partial charge in [-0.2, -0.15) is 0 Å². The summed E-state index contributed by atoms with van der Waals surface area (Å²) < 4.78 is 1.19. The number of aryl methyl sites for hydroxylation is 1. The molecule has 0 spiro atoms. The van der Waals surface area contributed by atoms with Crippen LogP contribution in [0, 0.1) is 0 Å². The maximum absolute atomic E-state index is 12.6. The first kappa shape index (κ1) is 17.0. The summed E-state index contributed by atoms with van der Waals surface area (Å²) in [5, 5.41) is 8.95. The standard InChI is InChI=1S/C18H22N4O3/c1-20(2)15-6-5-13-4-3-8-21(11-14(13)10-15)17-18(25)22(9-7-19-17)12-16(23)24/h5-7,9-10H,3-4,8,11-12H2,1-2H3,(H,23,24). The Labute approximate surface area is 146 Å². The van der Waals surface area contributed by atoms with Gasteiger partial charge in [-0.25, -0.2) is 4.98 Å². The van der Waals surface area contributed by atoms with Crippen LogP contribution in [0.4, 0.5) is 11.5 Å². The van der Waals surface area contributed by atoms with E-state index in [4.69, 9.17) is 5.11 Å². The molecule has 0 saturated carbocycles. The van der Waals surface area contributed by atoms with Gasteiger partial charge in [0.2, 0.25) is 0 Å². The average molecular weight is 342 g/mol. The van der Waals surface area contributed by atoms with Gasteiger partial charge in [-0.3, -0.25) is 14.2 Å². The number of carboxylic acid groups (broad SMARTS) is 1. The second kappa shape index (κ2) is 6.96. The highest BCUT2D eigenvalue weighted by Gasteiger charge is 2.20. The van der Waals surface area contributed by atoms with Crippen molar-refractivity contribution in [2.45, 2.75) is 25.9 Å². The zero-order valence-electron chi connectivity index (χ0n) is 14.5. The van der Waals surface area contributed by atoms with Gasteiger partial charge >= 0.3 is 5.97 Å². The van der Waals surface area contributed by atoms with Gasteiger partial charge in [-0.05, 0) is 36.1 Å². The Bertz CT molecular complexity index is 844. The molecule has 1 aromatic carbocycles. The van der Waals surface area contributed by atoms with Gasteiger partial charge in [-0.15, -0.1) is 0 Å². The van der Waals surface area contributed by atoms with Crippen LogP contribution >= 0.6 is 0 Å². The predicted molar refractivity (Wildman–Crippen MR) is 96.3 cm³/mol. The molecule has 132 valence electrons. The van der Waals surface area contributed by atoms with Crippen molar-refractivity contribution in [3.05, 3.63) is 52.1 Å². The van der Waals surface area contributed by atoms with Crippen LogP contribution in [-0.2, 0) is 24.3 Å². The molecule has 1 aromatic heterocycles. The van der Waals surface area contributed by atoms with Gasteiger partial charge in [-0.1, -0.05) is 6.07 Å². The van der Waals surface area contributed by atoms with Crippen molar-refractivity contribution in [1.29, 1.82) is 0 Å². The van der Waals surface area contributed by atoms with E-state index in [0.29, 0.717) is 18.9 Å². The smallest absolute Gasteiger partial charge is 0.323 e. The first-order valence-corrected chi connectivity index (χ1v) is 8.27. The minimum atomic E-state index is -1.05. The monoisotopic (exact) mass is 342 g/mol. The number of aliphatic carboxylic acids is 1. The van der Waals surface area contributed by atoms with Crippen LogP contribution < -0.4 is 15.4 Å². The quantitative estimate of drug-likeness (QED) is 0.903. The summed E-state index contributed by atoms with van der Waals surface area (Å²) >= 11 is 0. The van der Waals surface area contributed by atoms with Gasteiger partial charge in [0.05, 0.1) is 0 Å². The molecule has 1 N–H and O–H groups in total. The number of carbonyl (C=O) groups is 1. The summed E-state index contributed by atoms with van der Waals surface area (Å²) in [6.07, 6.45) is 4.77. The lowest BCUT2D eigenvalue weighted by atomic mass is 10.0. The highest BCUT2D eigenvalue weighted by atomic mass is 16.4. The summed E-state index contributed by atoms with van der Waals surface area (Å²) in [6, 6.07) is 6.40. The second-order valence-electron chi connectivity index (χ2n) is 6.45. The number of aromatic nitrogens is 2. The first-order valence-electron chi connectivity index (χ1n) is 8.27. The number of fused-ring (bicyclic) bond motifs is 1. The molecule has 7 heteroatoms. The van der Waals surface area contributed by atoms with E-state index in [1.807, 2.05) is 19.0 Å². The fourth-order valence-electron chi connectivity index (χ4n) is 3.13. The van der Waals surface area contributed by atoms with E-state index in [0.717, 1.165) is 18.5 Å². The third-order valence-electron chi connectivity index (χ3n) is 4.44. The lowest BCUT2D eigenvalue weighted by Crippen LogP contribution is -2.34. The van der Waals surface area contributed by atoms with Gasteiger partial charge in [0, 0.05) is 45.3 Å². The van der Waals surface area contributed by atoms with Crippen molar-refractivity contribution in [2.24, 2.45) is 0 Å². The van der Waals surface area contributed by atoms with Crippen molar-refractivity contribution >= 4 is 17.5 Å². The maximum Gasteiger partial charge on any atom is 0.323 e. The normalized spacial score (nSPS) is 13.9. The highest BCUT2D eigenvalue weighted by molar-refractivity contribution is 5.66. The number of benzene rings is 1. The summed E-state index contributed by atoms with van der Waals surface area (Å²) in [6.45, 7) is 0.950. The predicted octanol–water partition coefficient (Wildman–Crippen LogP) is 1.35. The molecule has 0 fully saturated rings. The van der Waals surface area contributed by atoms with Crippen molar-refractivity contribution in [2.75, 3.05) is 30.4 Å². The SMILES string of the molecule is CN(C)c1ccc2c(c1)CN(c1nccn(CC(=O)O)c1=O)CCC2. The second-order valence-corrected chi connectivity index (χ2v) is 6.45. The van der Waals surface area contributed by atoms with E-state index in [-0.39, 0.29) is 12.1 Å². The highest BCUT2D eigenvalue weighted by Crippen LogP contribution is 2.25. The van der Waals surface area contributed by atoms with Gasteiger partial charge in [0.25, 0.3) is 5.56 Å². The maximum atomic E-state index is 12.6. The van der Waals surface area contributed by atoms with Crippen LogP contribution in [0.3, 0.4) is 0 Å². The van der Waals surface area contributed by atoms with E-state index in [2.05, 4.69) is 28.1 Å². The number of hydrogen-bond acceptors (Lipinski definition) is 5. The van der Waals surface area contributed by atoms with E-state index in [9.17, 15) is 9.59 Å². The van der Waals surface area contributed by atoms with Crippen molar-refractivity contribution < 1.29 is 9.90 Å². The van der Waals surface area contributed by atoms with Crippen LogP contribution in [0.5, 0.6) is 0 Å². The molecule has 25 heavy (non-hydrogen) atoms. The molecule has 0 atom stereocenters. The van der Waals surface area contributed by atoms with E-state index in [1.54, 1.807) is 0 Å². The zero-order valence-corrected chi connectivity index (χ0v) is 14.5. The Kier molecular flexibility index (Phi) is 4.74. The molecule has 0 aliphatic carbocycles. The molecule has 0 saturated heterocycles. The number of anilines is 2. The summed E-state index contributed by atoms with van der Waals surface area (Å²) in [5.74, 6) is -0.733. The Balaban J connectivity index is 1.95. The van der Waals surface area contributed by atoms with Gasteiger partial charge in [0.1, 0.15) is 6.54 Å². The average Bonchev–Trinajstić information content (AvgIpc) is 2.77. The molecule has 0 amide bonds. The Morgan fingerprint density at radius 3 is 2.84 bits per heavy atom. The largest absolute Gasteiger partial charge is 0.480 e. The van der Waals surface area contributed by atoms with Crippen LogP contribution in [0.1, 0.15) is 17.5 Å². The van der Waals surface area contributed by atoms with Crippen LogP contribution in [0.15, 0.2) is 35.4 Å². The zero-order chi connectivity index (χ0) is 18.0. The fourth-order valence-corrected chi connectivity index (χ4v) is 3.13. The van der Waals surface area contributed by atoms with Crippen LogP contribution in [0.2, 0.25) is 0 Å². The molecule has 0 radical (unpaired) electrons. The van der Waals surface area contributed by atoms with Gasteiger partial charge < -0.3 is 14.9 Å².